The summed E-state index contributed by atoms with van der Waals surface area (Å²) in [5.74, 6) is 2.06. The lowest BCUT2D eigenvalue weighted by atomic mass is 9.97. The molecule has 0 saturated carbocycles. The first-order chi connectivity index (χ1) is 19.9. The van der Waals surface area contributed by atoms with E-state index in [2.05, 4.69) is 26.6 Å². The quantitative estimate of drug-likeness (QED) is 0.321. The molecule has 3 aromatic heterocycles. The average molecular weight is 551 g/mol. The van der Waals surface area contributed by atoms with E-state index in [0.29, 0.717) is 58.1 Å². The predicted molar refractivity (Wildman–Crippen MR) is 159 cm³/mol. The lowest BCUT2D eigenvalue weighted by molar-refractivity contribution is 0.0259. The predicted octanol–water partition coefficient (Wildman–Crippen LogP) is 4.30. The first kappa shape index (κ1) is 26.9. The van der Waals surface area contributed by atoms with Gasteiger partial charge in [0.1, 0.15) is 23.6 Å². The molecule has 41 heavy (non-hydrogen) atoms. The van der Waals surface area contributed by atoms with Crippen molar-refractivity contribution in [2.24, 2.45) is 0 Å². The van der Waals surface area contributed by atoms with Crippen LogP contribution >= 0.6 is 0 Å². The van der Waals surface area contributed by atoms with Crippen LogP contribution in [0.5, 0.6) is 0 Å². The number of rotatable bonds is 6. The van der Waals surface area contributed by atoms with Crippen molar-refractivity contribution >= 4 is 22.5 Å². The molecule has 1 aromatic carbocycles. The summed E-state index contributed by atoms with van der Waals surface area (Å²) in [6, 6.07) is 11.8. The second-order valence-corrected chi connectivity index (χ2v) is 10.7. The number of pyridine rings is 2. The van der Waals surface area contributed by atoms with Crippen LogP contribution in [-0.2, 0) is 4.74 Å². The van der Waals surface area contributed by atoms with Crippen molar-refractivity contribution in [3.05, 3.63) is 75.1 Å². The van der Waals surface area contributed by atoms with Gasteiger partial charge in [-0.3, -0.25) is 4.79 Å². The highest BCUT2D eigenvalue weighted by molar-refractivity contribution is 6.00. The van der Waals surface area contributed by atoms with Crippen LogP contribution in [0.4, 0.5) is 11.6 Å². The van der Waals surface area contributed by atoms with Gasteiger partial charge in [-0.25, -0.2) is 15.0 Å². The number of benzene rings is 1. The number of aromatic amines is 1. The van der Waals surface area contributed by atoms with Crippen LogP contribution in [0.1, 0.15) is 60.1 Å². The van der Waals surface area contributed by atoms with Gasteiger partial charge in [-0.1, -0.05) is 12.1 Å². The van der Waals surface area contributed by atoms with E-state index >= 15 is 0 Å². The van der Waals surface area contributed by atoms with E-state index in [1.54, 1.807) is 6.20 Å². The lowest BCUT2D eigenvalue weighted by Gasteiger charge is -2.26. The van der Waals surface area contributed by atoms with Gasteiger partial charge in [0.2, 0.25) is 0 Å². The normalized spacial score (nSPS) is 17.9. The number of aromatic nitrogens is 4. The molecule has 2 fully saturated rings. The molecule has 10 heteroatoms. The fourth-order valence-electron chi connectivity index (χ4n) is 5.92. The highest BCUT2D eigenvalue weighted by atomic mass is 16.5. The number of nitrogens with one attached hydrogen (secondary N) is 3. The zero-order valence-electron chi connectivity index (χ0n) is 23.6. The van der Waals surface area contributed by atoms with E-state index in [-0.39, 0.29) is 17.7 Å². The van der Waals surface area contributed by atoms with Crippen LogP contribution < -0.4 is 21.1 Å². The average Bonchev–Trinajstić information content (AvgIpc) is 3.52. The van der Waals surface area contributed by atoms with Gasteiger partial charge in [0.15, 0.2) is 0 Å². The molecule has 2 unspecified atom stereocenters. The monoisotopic (exact) mass is 550 g/mol. The Morgan fingerprint density at radius 3 is 2.71 bits per heavy atom. The third kappa shape index (κ3) is 5.14. The number of H-pyrrole nitrogens is 1. The van der Waals surface area contributed by atoms with Gasteiger partial charge in [0.25, 0.3) is 5.56 Å². The topological polar surface area (TPSA) is 132 Å². The molecule has 0 aliphatic carbocycles. The maximum atomic E-state index is 13.7. The highest BCUT2D eigenvalue weighted by Gasteiger charge is 2.27. The van der Waals surface area contributed by atoms with Gasteiger partial charge in [-0.05, 0) is 62.9 Å². The second kappa shape index (κ2) is 11.3. The Balaban J connectivity index is 1.51. The first-order valence-electron chi connectivity index (χ1n) is 14.2. The zero-order valence-corrected chi connectivity index (χ0v) is 23.6. The Kier molecular flexibility index (Phi) is 7.39. The maximum absolute atomic E-state index is 13.7. The Labute approximate surface area is 238 Å². The fourth-order valence-corrected chi connectivity index (χ4v) is 5.92. The van der Waals surface area contributed by atoms with Crippen LogP contribution in [0.3, 0.4) is 0 Å². The van der Waals surface area contributed by atoms with Gasteiger partial charge in [-0.2, -0.15) is 5.26 Å². The standard InChI is InChI=1S/C31H34N8O2/c1-18-21(15-32)7-6-8-23(18)19(2)35-30-27-28(24-17-33-11-14-41-24)38-31(40)26(29(27)36-20(3)37-30)22-9-10-25(34-16-22)39-12-4-5-13-39/h6-10,16,19,24,33H,4-5,11-14,17H2,1-3H3,(H,38,40)(H,35,36,37). The van der Waals surface area contributed by atoms with E-state index in [1.165, 1.54) is 0 Å². The minimum atomic E-state index is -0.366. The summed E-state index contributed by atoms with van der Waals surface area (Å²) in [6.45, 7) is 9.65. The number of nitrogens with zero attached hydrogens (tertiary/aromatic N) is 5. The highest BCUT2D eigenvalue weighted by Crippen LogP contribution is 2.36. The molecule has 2 atom stereocenters. The van der Waals surface area contributed by atoms with Crippen LogP contribution in [0, 0.1) is 25.2 Å². The lowest BCUT2D eigenvalue weighted by Crippen LogP contribution is -2.35. The molecule has 0 bridgehead atoms. The summed E-state index contributed by atoms with van der Waals surface area (Å²) in [5, 5.41) is 17.2. The van der Waals surface area contributed by atoms with Crippen molar-refractivity contribution in [3.8, 4) is 17.2 Å². The minimum Gasteiger partial charge on any atom is -0.369 e. The largest absolute Gasteiger partial charge is 0.369 e. The van der Waals surface area contributed by atoms with Crippen molar-refractivity contribution in [1.29, 1.82) is 5.26 Å². The van der Waals surface area contributed by atoms with Gasteiger partial charge in [0, 0.05) is 37.9 Å². The Hall–Kier alpha value is -4.33. The van der Waals surface area contributed by atoms with Crippen molar-refractivity contribution in [1.82, 2.24) is 25.3 Å². The molecule has 4 aromatic rings. The molecule has 2 saturated heterocycles. The van der Waals surface area contributed by atoms with E-state index < -0.39 is 0 Å². The Bertz CT molecular complexity index is 1680. The zero-order chi connectivity index (χ0) is 28.5. The summed E-state index contributed by atoms with van der Waals surface area (Å²) >= 11 is 0. The second-order valence-electron chi connectivity index (χ2n) is 10.7. The van der Waals surface area contributed by atoms with Gasteiger partial charge in [0.05, 0.1) is 46.4 Å². The van der Waals surface area contributed by atoms with E-state index in [1.807, 2.05) is 51.1 Å². The molecule has 0 amide bonds. The molecule has 5 heterocycles. The van der Waals surface area contributed by atoms with Crippen LogP contribution in [0.25, 0.3) is 22.0 Å². The van der Waals surface area contributed by atoms with Gasteiger partial charge < -0.3 is 25.3 Å². The summed E-state index contributed by atoms with van der Waals surface area (Å²) in [4.78, 5) is 33.5. The van der Waals surface area contributed by atoms with Crippen LogP contribution in [0.2, 0.25) is 0 Å². The SMILES string of the molecule is Cc1nc(NC(C)c2cccc(C#N)c2C)c2c(C3CNCCO3)[nH]c(=O)c(-c3ccc(N4CCCC4)nc3)c2n1. The fraction of sp³-hybridized carbons (Fsp3) is 0.387. The number of anilines is 2. The maximum Gasteiger partial charge on any atom is 0.258 e. The molecule has 2 aliphatic heterocycles. The summed E-state index contributed by atoms with van der Waals surface area (Å²) < 4.78 is 6.10. The molecular formula is C31H34N8O2. The molecule has 2 aliphatic rings. The van der Waals surface area contributed by atoms with E-state index in [9.17, 15) is 10.1 Å². The molecule has 0 radical (unpaired) electrons. The van der Waals surface area contributed by atoms with Crippen molar-refractivity contribution in [3.63, 3.8) is 0 Å². The number of hydrogen-bond acceptors (Lipinski definition) is 9. The molecule has 3 N–H and O–H groups in total. The van der Waals surface area contributed by atoms with E-state index in [4.69, 9.17) is 19.7 Å². The molecule has 210 valence electrons. The van der Waals surface area contributed by atoms with Gasteiger partial charge >= 0.3 is 0 Å². The number of morpholine rings is 1. The molecular weight excluding hydrogens is 516 g/mol. The summed E-state index contributed by atoms with van der Waals surface area (Å²) in [5.41, 5.74) is 4.66. The smallest absolute Gasteiger partial charge is 0.258 e. The number of fused-ring (bicyclic) bond motifs is 1. The van der Waals surface area contributed by atoms with Gasteiger partial charge in [-0.15, -0.1) is 0 Å². The Morgan fingerprint density at radius 2 is 2.00 bits per heavy atom. The summed E-state index contributed by atoms with van der Waals surface area (Å²) in [6.07, 6.45) is 3.73. The molecule has 0 spiro atoms. The van der Waals surface area contributed by atoms with Crippen molar-refractivity contribution < 1.29 is 4.74 Å². The molecule has 6 rings (SSSR count). The molecule has 10 nitrogen and oxygen atoms in total. The number of nitriles is 1. The number of hydrogen-bond donors (Lipinski definition) is 3. The van der Waals surface area contributed by atoms with Crippen molar-refractivity contribution in [2.45, 2.75) is 45.8 Å². The van der Waals surface area contributed by atoms with E-state index in [0.717, 1.165) is 49.4 Å². The van der Waals surface area contributed by atoms with Crippen molar-refractivity contribution in [2.75, 3.05) is 43.0 Å². The third-order valence-corrected chi connectivity index (χ3v) is 8.03. The Morgan fingerprint density at radius 1 is 1.17 bits per heavy atom. The number of ether oxygens (including phenoxy) is 1. The number of aryl methyl sites for hydroxylation is 1. The first-order valence-corrected chi connectivity index (χ1v) is 14.2. The third-order valence-electron chi connectivity index (χ3n) is 8.03. The summed E-state index contributed by atoms with van der Waals surface area (Å²) in [7, 11) is 0. The van der Waals surface area contributed by atoms with Crippen LogP contribution in [0.15, 0.2) is 41.3 Å². The van der Waals surface area contributed by atoms with Crippen LogP contribution in [-0.4, -0.2) is 52.7 Å². The minimum absolute atomic E-state index is 0.171.